The normalized spacial score (nSPS) is 20.7. The lowest BCUT2D eigenvalue weighted by molar-refractivity contribution is 0.0224. The van der Waals surface area contributed by atoms with Crippen molar-refractivity contribution in [2.24, 2.45) is 23.9 Å². The number of aryl methyl sites for hydroxylation is 1. The van der Waals surface area contributed by atoms with E-state index in [1.165, 1.54) is 0 Å². The molecule has 2 N–H and O–H groups in total. The number of amides is 3. The maximum Gasteiger partial charge on any atom is 0.410 e. The zero-order valence-electron chi connectivity index (χ0n) is 19.4. The van der Waals surface area contributed by atoms with Crippen LogP contribution in [0.4, 0.5) is 15.4 Å². The number of carbonyl (C=O) groups excluding carboxylic acids is 3. The van der Waals surface area contributed by atoms with E-state index in [0.717, 1.165) is 36.9 Å². The van der Waals surface area contributed by atoms with Crippen LogP contribution < -0.4 is 10.6 Å². The molecule has 0 bridgehead atoms. The molecule has 2 heterocycles. The molecule has 2 unspecified atom stereocenters. The van der Waals surface area contributed by atoms with Crippen LogP contribution in [-0.4, -0.2) is 58.1 Å². The van der Waals surface area contributed by atoms with Gasteiger partial charge in [0.15, 0.2) is 0 Å². The molecule has 1 saturated carbocycles. The lowest BCUT2D eigenvalue weighted by Crippen LogP contribution is -2.40. The van der Waals surface area contributed by atoms with Crippen molar-refractivity contribution < 1.29 is 19.1 Å². The molecular weight excluding hydrogens is 412 g/mol. The first-order valence-electron chi connectivity index (χ1n) is 11.3. The van der Waals surface area contributed by atoms with Crippen molar-refractivity contribution in [2.75, 3.05) is 25.0 Å². The van der Waals surface area contributed by atoms with Crippen LogP contribution >= 0.6 is 0 Å². The van der Waals surface area contributed by atoms with Crippen LogP contribution in [0.2, 0.25) is 0 Å². The Balaban J connectivity index is 1.56. The number of nitrogens with one attached hydrogen (secondary N) is 2. The highest BCUT2D eigenvalue weighted by atomic mass is 16.6. The highest BCUT2D eigenvalue weighted by Gasteiger charge is 2.30. The molecule has 10 heteroatoms. The molecule has 1 aliphatic carbocycles. The Morgan fingerprint density at radius 2 is 2.03 bits per heavy atom. The van der Waals surface area contributed by atoms with Crippen LogP contribution in [0, 0.1) is 11.8 Å². The van der Waals surface area contributed by atoms with E-state index >= 15 is 0 Å². The van der Waals surface area contributed by atoms with Gasteiger partial charge in [-0.1, -0.05) is 6.42 Å². The molecule has 3 amide bonds. The lowest BCUT2D eigenvalue weighted by atomic mass is 9.81. The summed E-state index contributed by atoms with van der Waals surface area (Å²) in [6.07, 6.45) is 5.97. The third-order valence-corrected chi connectivity index (χ3v) is 5.94. The van der Waals surface area contributed by atoms with Crippen LogP contribution in [0.3, 0.4) is 0 Å². The first-order chi connectivity index (χ1) is 15.2. The number of anilines is 1. The molecule has 0 aromatic carbocycles. The van der Waals surface area contributed by atoms with E-state index in [1.54, 1.807) is 22.7 Å². The monoisotopic (exact) mass is 446 g/mol. The number of nitrogens with zero attached hydrogens (tertiary/aromatic N) is 4. The summed E-state index contributed by atoms with van der Waals surface area (Å²) in [5.41, 5.74) is 1.16. The molecule has 3 rings (SSSR count). The van der Waals surface area contributed by atoms with Gasteiger partial charge in [-0.05, 0) is 51.9 Å². The number of carbonyl (C=O) groups is 2. The van der Waals surface area contributed by atoms with Gasteiger partial charge in [0.05, 0.1) is 18.8 Å². The van der Waals surface area contributed by atoms with Gasteiger partial charge in [0, 0.05) is 32.1 Å². The largest absolute Gasteiger partial charge is 0.444 e. The van der Waals surface area contributed by atoms with Gasteiger partial charge in [-0.25, -0.2) is 19.4 Å². The van der Waals surface area contributed by atoms with E-state index in [-0.39, 0.29) is 12.1 Å². The second-order valence-corrected chi connectivity index (χ2v) is 9.72. The SMILES string of the molecule is Cn1nc2c(c1NC(=O)NCC1CCCC(CN=C=O)C1)CN(C(=O)OC(C)(C)C)CC2. The predicted molar refractivity (Wildman–Crippen MR) is 119 cm³/mol. The van der Waals surface area contributed by atoms with E-state index in [0.29, 0.717) is 50.3 Å². The summed E-state index contributed by atoms with van der Waals surface area (Å²) in [5.74, 6) is 1.33. The predicted octanol–water partition coefficient (Wildman–Crippen LogP) is 2.98. The topological polar surface area (TPSA) is 118 Å². The van der Waals surface area contributed by atoms with Crippen molar-refractivity contribution in [3.63, 3.8) is 0 Å². The fourth-order valence-electron chi connectivity index (χ4n) is 4.45. The van der Waals surface area contributed by atoms with Gasteiger partial charge < -0.3 is 15.0 Å². The molecule has 32 heavy (non-hydrogen) atoms. The third kappa shape index (κ3) is 6.32. The maximum atomic E-state index is 12.6. The Bertz CT molecular complexity index is 884. The molecular formula is C22H34N6O4. The van der Waals surface area contributed by atoms with Crippen LogP contribution in [-0.2, 0) is 29.5 Å². The Morgan fingerprint density at radius 1 is 1.28 bits per heavy atom. The quantitative estimate of drug-likeness (QED) is 0.532. The molecule has 2 aliphatic rings. The summed E-state index contributed by atoms with van der Waals surface area (Å²) in [7, 11) is 1.78. The van der Waals surface area contributed by atoms with Crippen LogP contribution in [0.15, 0.2) is 4.99 Å². The minimum Gasteiger partial charge on any atom is -0.444 e. The Morgan fingerprint density at radius 3 is 2.75 bits per heavy atom. The molecule has 1 aromatic heterocycles. The van der Waals surface area contributed by atoms with Crippen molar-refractivity contribution in [3.05, 3.63) is 11.3 Å². The number of urea groups is 1. The van der Waals surface area contributed by atoms with Gasteiger partial charge in [-0.2, -0.15) is 5.10 Å². The van der Waals surface area contributed by atoms with Crippen molar-refractivity contribution in [1.29, 1.82) is 0 Å². The van der Waals surface area contributed by atoms with Gasteiger partial charge in [0.1, 0.15) is 11.4 Å². The van der Waals surface area contributed by atoms with Crippen molar-refractivity contribution >= 4 is 24.0 Å². The number of hydrogen-bond donors (Lipinski definition) is 2. The average molecular weight is 447 g/mol. The van der Waals surface area contributed by atoms with Crippen LogP contribution in [0.25, 0.3) is 0 Å². The van der Waals surface area contributed by atoms with E-state index in [1.807, 2.05) is 20.8 Å². The summed E-state index contributed by atoms with van der Waals surface area (Å²) in [6.45, 7) is 7.47. The van der Waals surface area contributed by atoms with E-state index in [9.17, 15) is 14.4 Å². The first-order valence-corrected chi connectivity index (χ1v) is 11.3. The summed E-state index contributed by atoms with van der Waals surface area (Å²) in [5, 5.41) is 10.4. The molecule has 0 spiro atoms. The number of fused-ring (bicyclic) bond motifs is 1. The van der Waals surface area contributed by atoms with Gasteiger partial charge in [0.25, 0.3) is 0 Å². The molecule has 10 nitrogen and oxygen atoms in total. The van der Waals surface area contributed by atoms with Gasteiger partial charge in [0.2, 0.25) is 6.08 Å². The van der Waals surface area contributed by atoms with E-state index < -0.39 is 5.60 Å². The zero-order chi connectivity index (χ0) is 23.3. The maximum absolute atomic E-state index is 12.6. The number of ether oxygens (including phenoxy) is 1. The molecule has 176 valence electrons. The lowest BCUT2D eigenvalue weighted by Gasteiger charge is -2.30. The number of rotatable bonds is 5. The first kappa shape index (κ1) is 23.8. The third-order valence-electron chi connectivity index (χ3n) is 5.94. The minimum atomic E-state index is -0.565. The number of hydrogen-bond acceptors (Lipinski definition) is 6. The Labute approximate surface area is 188 Å². The average Bonchev–Trinajstić information content (AvgIpc) is 3.04. The minimum absolute atomic E-state index is 0.293. The number of aromatic nitrogens is 2. The highest BCUT2D eigenvalue weighted by Crippen LogP contribution is 2.29. The molecule has 1 aliphatic heterocycles. The van der Waals surface area contributed by atoms with Gasteiger partial charge in [-0.15, -0.1) is 0 Å². The van der Waals surface area contributed by atoms with Crippen molar-refractivity contribution in [2.45, 2.75) is 65.0 Å². The summed E-state index contributed by atoms with van der Waals surface area (Å²) in [6, 6.07) is -0.293. The van der Waals surface area contributed by atoms with Crippen molar-refractivity contribution in [3.8, 4) is 0 Å². The summed E-state index contributed by atoms with van der Waals surface area (Å²) >= 11 is 0. The molecule has 0 radical (unpaired) electrons. The molecule has 1 aromatic rings. The number of aliphatic imine (C=N–C) groups is 1. The summed E-state index contributed by atoms with van der Waals surface area (Å²) < 4.78 is 7.14. The summed E-state index contributed by atoms with van der Waals surface area (Å²) in [4.78, 5) is 40.8. The molecule has 0 saturated heterocycles. The number of isocyanates is 1. The van der Waals surface area contributed by atoms with Crippen molar-refractivity contribution in [1.82, 2.24) is 20.0 Å². The van der Waals surface area contributed by atoms with Crippen LogP contribution in [0.5, 0.6) is 0 Å². The second kappa shape index (κ2) is 10.2. The fourth-order valence-corrected chi connectivity index (χ4v) is 4.45. The van der Waals surface area contributed by atoms with Crippen LogP contribution in [0.1, 0.15) is 57.7 Å². The fraction of sp³-hybridized carbons (Fsp3) is 0.727. The Kier molecular flexibility index (Phi) is 7.56. The van der Waals surface area contributed by atoms with E-state index in [4.69, 9.17) is 4.74 Å². The molecule has 1 fully saturated rings. The zero-order valence-corrected chi connectivity index (χ0v) is 19.4. The Hall–Kier alpha value is -2.87. The standard InChI is InChI=1S/C22H34N6O4/c1-22(2,3)32-21(31)28-9-8-18-17(13-28)19(27(4)26-18)25-20(30)24-12-16-7-5-6-15(10-16)11-23-14-29/h15-16H,5-13H2,1-4H3,(H2,24,25,30). The second-order valence-electron chi connectivity index (χ2n) is 9.72. The highest BCUT2D eigenvalue weighted by molar-refractivity contribution is 5.89. The van der Waals surface area contributed by atoms with Gasteiger partial charge in [-0.3, -0.25) is 10.00 Å². The van der Waals surface area contributed by atoms with Gasteiger partial charge >= 0.3 is 12.1 Å². The molecule has 2 atom stereocenters. The smallest absolute Gasteiger partial charge is 0.410 e. The van der Waals surface area contributed by atoms with E-state index in [2.05, 4.69) is 20.7 Å².